The predicted octanol–water partition coefficient (Wildman–Crippen LogP) is 5.52. The van der Waals surface area contributed by atoms with Crippen molar-refractivity contribution < 1.29 is 14.3 Å². The molecule has 1 fully saturated rings. The van der Waals surface area contributed by atoms with E-state index in [2.05, 4.69) is 45.7 Å². The summed E-state index contributed by atoms with van der Waals surface area (Å²) in [5, 5.41) is 9.79. The van der Waals surface area contributed by atoms with Crippen LogP contribution in [-0.4, -0.2) is 43.6 Å². The van der Waals surface area contributed by atoms with E-state index in [1.54, 1.807) is 11.0 Å². The van der Waals surface area contributed by atoms with Gasteiger partial charge in [-0.25, -0.2) is 0 Å². The van der Waals surface area contributed by atoms with Crippen LogP contribution in [0.4, 0.5) is 5.69 Å². The highest BCUT2D eigenvalue weighted by Gasteiger charge is 2.24. The molecule has 0 N–H and O–H groups in total. The first kappa shape index (κ1) is 25.6. The van der Waals surface area contributed by atoms with Crippen LogP contribution in [0.5, 0.6) is 11.5 Å². The third-order valence-corrected chi connectivity index (χ3v) is 6.71. The molecule has 0 saturated carbocycles. The molecule has 3 aromatic carbocycles. The number of ether oxygens (including phenoxy) is 2. The lowest BCUT2D eigenvalue weighted by Gasteiger charge is -2.36. The van der Waals surface area contributed by atoms with E-state index in [0.29, 0.717) is 37.8 Å². The Morgan fingerprint density at radius 3 is 2.31 bits per heavy atom. The number of amides is 1. The van der Waals surface area contributed by atoms with E-state index < -0.39 is 0 Å². The second-order valence-corrected chi connectivity index (χ2v) is 9.48. The summed E-state index contributed by atoms with van der Waals surface area (Å²) in [6, 6.07) is 25.9. The number of rotatable bonds is 8. The summed E-state index contributed by atoms with van der Waals surface area (Å²) in [7, 11) is 0. The van der Waals surface area contributed by atoms with Gasteiger partial charge < -0.3 is 19.3 Å². The molecule has 1 aliphatic heterocycles. The van der Waals surface area contributed by atoms with Crippen LogP contribution in [0.15, 0.2) is 78.4 Å². The van der Waals surface area contributed by atoms with Gasteiger partial charge in [-0.1, -0.05) is 48.5 Å². The fourth-order valence-electron chi connectivity index (χ4n) is 4.09. The standard InChI is InChI=1S/C29H28IN3O3/c1-2-35-27-19-23(18-26(30)28(27)36-21-22-9-5-3-6-10-22)17-24(20-31)29(34)33-15-13-32(14-16-33)25-11-7-4-8-12-25/h3-12,17-19H,2,13-16,21H2,1H3/b24-17-. The van der Waals surface area contributed by atoms with Crippen LogP contribution in [0, 0.1) is 14.9 Å². The minimum Gasteiger partial charge on any atom is -0.490 e. The summed E-state index contributed by atoms with van der Waals surface area (Å²) in [6.45, 7) is 5.41. The van der Waals surface area contributed by atoms with Crippen LogP contribution in [0.2, 0.25) is 0 Å². The molecule has 0 unspecified atom stereocenters. The Morgan fingerprint density at radius 1 is 1.00 bits per heavy atom. The molecule has 0 spiro atoms. The average Bonchev–Trinajstić information content (AvgIpc) is 2.92. The number of carbonyl (C=O) groups excluding carboxylic acids is 1. The van der Waals surface area contributed by atoms with Crippen LogP contribution >= 0.6 is 22.6 Å². The summed E-state index contributed by atoms with van der Waals surface area (Å²) in [4.78, 5) is 17.2. The minimum atomic E-state index is -0.248. The van der Waals surface area contributed by atoms with Crippen molar-refractivity contribution in [3.63, 3.8) is 0 Å². The predicted molar refractivity (Wildman–Crippen MR) is 150 cm³/mol. The van der Waals surface area contributed by atoms with Crippen LogP contribution in [0.1, 0.15) is 18.1 Å². The number of carbonyl (C=O) groups is 1. The number of hydrogen-bond acceptors (Lipinski definition) is 5. The molecule has 0 atom stereocenters. The maximum Gasteiger partial charge on any atom is 0.264 e. The van der Waals surface area contributed by atoms with E-state index in [1.165, 1.54) is 0 Å². The van der Waals surface area contributed by atoms with Gasteiger partial charge in [0.15, 0.2) is 11.5 Å². The Morgan fingerprint density at radius 2 is 1.67 bits per heavy atom. The second-order valence-electron chi connectivity index (χ2n) is 8.32. The van der Waals surface area contributed by atoms with Crippen molar-refractivity contribution >= 4 is 40.3 Å². The molecule has 0 aliphatic carbocycles. The molecule has 7 heteroatoms. The average molecular weight is 593 g/mol. The van der Waals surface area contributed by atoms with Gasteiger partial charge in [-0.3, -0.25) is 4.79 Å². The highest BCUT2D eigenvalue weighted by atomic mass is 127. The van der Waals surface area contributed by atoms with Gasteiger partial charge in [-0.2, -0.15) is 5.26 Å². The molecule has 0 bridgehead atoms. The summed E-state index contributed by atoms with van der Waals surface area (Å²) in [5.74, 6) is 0.996. The highest BCUT2D eigenvalue weighted by Crippen LogP contribution is 2.35. The number of benzene rings is 3. The molecule has 1 heterocycles. The molecule has 6 nitrogen and oxygen atoms in total. The van der Waals surface area contributed by atoms with Gasteiger partial charge in [0.05, 0.1) is 10.2 Å². The van der Waals surface area contributed by atoms with Crippen LogP contribution in [-0.2, 0) is 11.4 Å². The van der Waals surface area contributed by atoms with Gasteiger partial charge in [0.2, 0.25) is 0 Å². The summed E-state index contributed by atoms with van der Waals surface area (Å²) >= 11 is 2.20. The van der Waals surface area contributed by atoms with E-state index in [9.17, 15) is 10.1 Å². The van der Waals surface area contributed by atoms with Crippen molar-refractivity contribution in [2.45, 2.75) is 13.5 Å². The first-order chi connectivity index (χ1) is 17.6. The van der Waals surface area contributed by atoms with E-state index in [1.807, 2.05) is 67.6 Å². The molecule has 1 aliphatic rings. The number of hydrogen-bond donors (Lipinski definition) is 0. The SMILES string of the molecule is CCOc1cc(/C=C(/C#N)C(=O)N2CCN(c3ccccc3)CC2)cc(I)c1OCc1ccccc1. The molecule has 36 heavy (non-hydrogen) atoms. The van der Waals surface area contributed by atoms with Gasteiger partial charge >= 0.3 is 0 Å². The fourth-order valence-corrected chi connectivity index (χ4v) is 4.87. The zero-order valence-electron chi connectivity index (χ0n) is 20.2. The molecule has 1 amide bonds. The van der Waals surface area contributed by atoms with Gasteiger partial charge in [0, 0.05) is 31.9 Å². The molecule has 4 rings (SSSR count). The van der Waals surface area contributed by atoms with Gasteiger partial charge in [0.1, 0.15) is 18.2 Å². The largest absolute Gasteiger partial charge is 0.490 e. The van der Waals surface area contributed by atoms with Crippen molar-refractivity contribution in [1.29, 1.82) is 5.26 Å². The van der Waals surface area contributed by atoms with Crippen molar-refractivity contribution in [2.24, 2.45) is 0 Å². The molecule has 3 aromatic rings. The summed E-state index contributed by atoms with van der Waals surface area (Å²) < 4.78 is 12.8. The zero-order valence-corrected chi connectivity index (χ0v) is 22.4. The zero-order chi connectivity index (χ0) is 25.3. The lowest BCUT2D eigenvalue weighted by Crippen LogP contribution is -2.49. The maximum absolute atomic E-state index is 13.2. The topological polar surface area (TPSA) is 65.8 Å². The maximum atomic E-state index is 13.2. The third kappa shape index (κ3) is 6.38. The van der Waals surface area contributed by atoms with E-state index in [-0.39, 0.29) is 11.5 Å². The Kier molecular flexibility index (Phi) is 8.85. The molecule has 0 radical (unpaired) electrons. The Labute approximate surface area is 225 Å². The summed E-state index contributed by atoms with van der Waals surface area (Å²) in [5.41, 5.74) is 3.04. The second kappa shape index (κ2) is 12.5. The molecule has 184 valence electrons. The van der Waals surface area contributed by atoms with E-state index in [4.69, 9.17) is 9.47 Å². The number of para-hydroxylation sites is 1. The first-order valence-electron chi connectivity index (χ1n) is 11.9. The molecular formula is C29H28IN3O3. The fraction of sp³-hybridized carbons (Fsp3) is 0.241. The number of nitriles is 1. The van der Waals surface area contributed by atoms with Crippen molar-refractivity contribution in [3.8, 4) is 17.6 Å². The quantitative estimate of drug-likeness (QED) is 0.196. The lowest BCUT2D eigenvalue weighted by molar-refractivity contribution is -0.126. The van der Waals surface area contributed by atoms with E-state index in [0.717, 1.165) is 33.5 Å². The molecular weight excluding hydrogens is 565 g/mol. The van der Waals surface area contributed by atoms with Crippen LogP contribution in [0.25, 0.3) is 6.08 Å². The Balaban J connectivity index is 1.48. The van der Waals surface area contributed by atoms with Crippen LogP contribution in [0.3, 0.4) is 0 Å². The number of piperazine rings is 1. The number of anilines is 1. The van der Waals surface area contributed by atoms with Crippen molar-refractivity contribution in [1.82, 2.24) is 4.90 Å². The van der Waals surface area contributed by atoms with Crippen LogP contribution < -0.4 is 14.4 Å². The molecule has 1 saturated heterocycles. The first-order valence-corrected chi connectivity index (χ1v) is 13.0. The monoisotopic (exact) mass is 593 g/mol. The van der Waals surface area contributed by atoms with Gasteiger partial charge in [-0.05, 0) is 71.0 Å². The third-order valence-electron chi connectivity index (χ3n) is 5.91. The molecule has 0 aromatic heterocycles. The number of halogens is 1. The minimum absolute atomic E-state index is 0.111. The Bertz CT molecular complexity index is 1250. The van der Waals surface area contributed by atoms with Gasteiger partial charge in [-0.15, -0.1) is 0 Å². The smallest absolute Gasteiger partial charge is 0.264 e. The normalized spacial score (nSPS) is 13.8. The Hall–Kier alpha value is -3.51. The lowest BCUT2D eigenvalue weighted by atomic mass is 10.1. The number of nitrogens with zero attached hydrogens (tertiary/aromatic N) is 3. The highest BCUT2D eigenvalue weighted by molar-refractivity contribution is 14.1. The van der Waals surface area contributed by atoms with Gasteiger partial charge in [0.25, 0.3) is 5.91 Å². The van der Waals surface area contributed by atoms with E-state index >= 15 is 0 Å². The van der Waals surface area contributed by atoms with Crippen molar-refractivity contribution in [2.75, 3.05) is 37.7 Å². The van der Waals surface area contributed by atoms with Crippen molar-refractivity contribution in [3.05, 3.63) is 93.1 Å². The summed E-state index contributed by atoms with van der Waals surface area (Å²) in [6.07, 6.45) is 1.64.